The highest BCUT2D eigenvalue weighted by Crippen LogP contribution is 2.34. The fraction of sp³-hybridized carbons (Fsp3) is 0.667. The second-order valence-corrected chi connectivity index (χ2v) is 7.83. The molecule has 22 heavy (non-hydrogen) atoms. The maximum Gasteiger partial charge on any atom is 0.282 e. The summed E-state index contributed by atoms with van der Waals surface area (Å²) in [6.45, 7) is -1.19. The number of hydrogen-bond acceptors (Lipinski definition) is 4. The Kier molecular flexibility index (Phi) is 3.29. The molecule has 3 rings (SSSR count). The van der Waals surface area contributed by atoms with Crippen molar-refractivity contribution in [3.63, 3.8) is 0 Å². The summed E-state index contributed by atoms with van der Waals surface area (Å²) in [5, 5.41) is 0. The van der Waals surface area contributed by atoms with E-state index in [-0.39, 0.29) is 13.1 Å². The Labute approximate surface area is 126 Å². The normalized spacial score (nSPS) is 24.7. The number of amides is 1. The van der Waals surface area contributed by atoms with Crippen LogP contribution in [0.25, 0.3) is 0 Å². The number of halogens is 2. The van der Waals surface area contributed by atoms with E-state index in [1.54, 1.807) is 11.6 Å². The molecule has 0 aromatic carbocycles. The summed E-state index contributed by atoms with van der Waals surface area (Å²) in [4.78, 5) is 17.7. The Morgan fingerprint density at radius 2 is 2.05 bits per heavy atom. The van der Waals surface area contributed by atoms with Crippen LogP contribution in [-0.4, -0.2) is 64.9 Å². The summed E-state index contributed by atoms with van der Waals surface area (Å²) < 4.78 is 52.3. The summed E-state index contributed by atoms with van der Waals surface area (Å²) in [5.74, 6) is -4.14. The van der Waals surface area contributed by atoms with Crippen LogP contribution in [0.1, 0.15) is 17.3 Å². The Morgan fingerprint density at radius 3 is 2.59 bits per heavy atom. The fourth-order valence-electron chi connectivity index (χ4n) is 2.91. The van der Waals surface area contributed by atoms with E-state index >= 15 is 0 Å². The quantitative estimate of drug-likeness (QED) is 0.748. The largest absolute Gasteiger partial charge is 0.337 e. The number of alkyl halides is 2. The summed E-state index contributed by atoms with van der Waals surface area (Å²) >= 11 is 0. The molecule has 1 aromatic heterocycles. The predicted octanol–water partition coefficient (Wildman–Crippen LogP) is -0.244. The zero-order chi connectivity index (χ0) is 16.3. The Hall–Kier alpha value is -1.55. The number of fused-ring (bicyclic) bond motifs is 1. The van der Waals surface area contributed by atoms with E-state index in [0.29, 0.717) is 11.4 Å². The van der Waals surface area contributed by atoms with Crippen molar-refractivity contribution in [1.29, 1.82) is 0 Å². The molecule has 0 radical (unpaired) electrons. The lowest BCUT2D eigenvalue weighted by Gasteiger charge is -2.42. The van der Waals surface area contributed by atoms with Crippen LogP contribution in [0, 0.1) is 0 Å². The smallest absolute Gasteiger partial charge is 0.282 e. The van der Waals surface area contributed by atoms with Crippen molar-refractivity contribution in [2.75, 3.05) is 25.9 Å². The van der Waals surface area contributed by atoms with Crippen molar-refractivity contribution in [3.8, 4) is 0 Å². The molecule has 3 heterocycles. The zero-order valence-corrected chi connectivity index (χ0v) is 13.0. The van der Waals surface area contributed by atoms with Crippen LogP contribution in [0.3, 0.4) is 0 Å². The minimum atomic E-state index is -3.50. The third-order valence-electron chi connectivity index (χ3n) is 4.03. The minimum Gasteiger partial charge on any atom is -0.337 e. The number of nitrogens with zero attached hydrogens (tertiary/aromatic N) is 4. The predicted molar refractivity (Wildman–Crippen MR) is 72.7 cm³/mol. The van der Waals surface area contributed by atoms with E-state index in [4.69, 9.17) is 0 Å². The van der Waals surface area contributed by atoms with Gasteiger partial charge in [0.25, 0.3) is 5.92 Å². The molecule has 0 bridgehead atoms. The highest BCUT2D eigenvalue weighted by molar-refractivity contribution is 7.88. The molecule has 0 saturated carbocycles. The molecule has 7 nitrogen and oxygen atoms in total. The van der Waals surface area contributed by atoms with Crippen molar-refractivity contribution in [2.45, 2.75) is 18.4 Å². The SMILES string of the molecule is Cn1cnc2c1[C@H](C(=O)N1CC(F)(F)C1)CN(S(C)(=O)=O)C2. The number of aromatic nitrogens is 2. The molecule has 1 saturated heterocycles. The van der Waals surface area contributed by atoms with Crippen LogP contribution >= 0.6 is 0 Å². The lowest BCUT2D eigenvalue weighted by atomic mass is 9.96. The first-order valence-electron chi connectivity index (χ1n) is 6.70. The first kappa shape index (κ1) is 15.3. The van der Waals surface area contributed by atoms with Crippen LogP contribution in [-0.2, 0) is 28.4 Å². The number of aryl methyl sites for hydroxylation is 1. The number of carbonyl (C=O) groups is 1. The number of likely N-dealkylation sites (tertiary alicyclic amines) is 1. The highest BCUT2D eigenvalue weighted by Gasteiger charge is 2.49. The van der Waals surface area contributed by atoms with E-state index < -0.39 is 40.9 Å². The average Bonchev–Trinajstić information content (AvgIpc) is 2.75. The van der Waals surface area contributed by atoms with Crippen LogP contribution in [0.2, 0.25) is 0 Å². The Balaban J connectivity index is 1.92. The van der Waals surface area contributed by atoms with Crippen molar-refractivity contribution >= 4 is 15.9 Å². The Bertz CT molecular complexity index is 723. The molecule has 10 heteroatoms. The van der Waals surface area contributed by atoms with Gasteiger partial charge in [-0.2, -0.15) is 4.31 Å². The molecule has 1 aromatic rings. The van der Waals surface area contributed by atoms with Gasteiger partial charge in [-0.15, -0.1) is 0 Å². The maximum atomic E-state index is 13.0. The standard InChI is InChI=1S/C12H16F2N4O3S/c1-16-7-15-9-4-18(22(2,20)21)3-8(10(9)16)11(19)17-5-12(13,14)6-17/h7-8H,3-6H2,1-2H3/t8-/m1/s1. The third-order valence-corrected chi connectivity index (χ3v) is 5.24. The van der Waals surface area contributed by atoms with Gasteiger partial charge in [0.05, 0.1) is 49.5 Å². The molecule has 2 aliphatic heterocycles. The van der Waals surface area contributed by atoms with E-state index in [0.717, 1.165) is 15.5 Å². The first-order valence-corrected chi connectivity index (χ1v) is 8.55. The zero-order valence-electron chi connectivity index (χ0n) is 12.2. The van der Waals surface area contributed by atoms with Gasteiger partial charge in [-0.3, -0.25) is 4.79 Å². The van der Waals surface area contributed by atoms with Gasteiger partial charge >= 0.3 is 0 Å². The van der Waals surface area contributed by atoms with Gasteiger partial charge in [0.2, 0.25) is 15.9 Å². The second-order valence-electron chi connectivity index (χ2n) is 5.85. The molecule has 0 N–H and O–H groups in total. The van der Waals surface area contributed by atoms with Crippen LogP contribution in [0.4, 0.5) is 8.78 Å². The van der Waals surface area contributed by atoms with Gasteiger partial charge in [0.15, 0.2) is 0 Å². The van der Waals surface area contributed by atoms with Crippen molar-refractivity contribution in [2.24, 2.45) is 7.05 Å². The monoisotopic (exact) mass is 334 g/mol. The van der Waals surface area contributed by atoms with Crippen molar-refractivity contribution < 1.29 is 22.0 Å². The molecule has 122 valence electrons. The average molecular weight is 334 g/mol. The summed E-state index contributed by atoms with van der Waals surface area (Å²) in [6, 6.07) is 0. The van der Waals surface area contributed by atoms with Gasteiger partial charge in [-0.1, -0.05) is 0 Å². The third kappa shape index (κ3) is 2.50. The Morgan fingerprint density at radius 1 is 1.41 bits per heavy atom. The molecule has 0 aliphatic carbocycles. The molecule has 0 unspecified atom stereocenters. The van der Waals surface area contributed by atoms with E-state index in [9.17, 15) is 22.0 Å². The number of rotatable bonds is 2. The topological polar surface area (TPSA) is 75.5 Å². The molecule has 1 fully saturated rings. The van der Waals surface area contributed by atoms with Crippen LogP contribution in [0.15, 0.2) is 6.33 Å². The number of hydrogen-bond donors (Lipinski definition) is 0. The summed E-state index contributed by atoms with van der Waals surface area (Å²) in [7, 11) is -1.80. The van der Waals surface area contributed by atoms with Crippen LogP contribution in [0.5, 0.6) is 0 Å². The van der Waals surface area contributed by atoms with E-state index in [2.05, 4.69) is 4.98 Å². The van der Waals surface area contributed by atoms with Crippen molar-refractivity contribution in [3.05, 3.63) is 17.7 Å². The lowest BCUT2D eigenvalue weighted by molar-refractivity contribution is -0.167. The molecule has 1 amide bonds. The second kappa shape index (κ2) is 4.72. The fourth-order valence-corrected chi connectivity index (χ4v) is 3.69. The van der Waals surface area contributed by atoms with Gasteiger partial charge in [-0.05, 0) is 0 Å². The van der Waals surface area contributed by atoms with Gasteiger partial charge in [0.1, 0.15) is 0 Å². The number of sulfonamides is 1. The molecular weight excluding hydrogens is 318 g/mol. The van der Waals surface area contributed by atoms with Gasteiger partial charge in [0, 0.05) is 13.6 Å². The van der Waals surface area contributed by atoms with Gasteiger partial charge < -0.3 is 9.47 Å². The van der Waals surface area contributed by atoms with Crippen LogP contribution < -0.4 is 0 Å². The lowest BCUT2D eigenvalue weighted by Crippen LogP contribution is -2.60. The number of carbonyl (C=O) groups excluding carboxylic acids is 1. The van der Waals surface area contributed by atoms with E-state index in [1.165, 1.54) is 6.33 Å². The maximum absolute atomic E-state index is 13.0. The highest BCUT2D eigenvalue weighted by atomic mass is 32.2. The summed E-state index contributed by atoms with van der Waals surface area (Å²) in [5.41, 5.74) is 1.09. The van der Waals surface area contributed by atoms with E-state index in [1.807, 2.05) is 0 Å². The number of imidazole rings is 1. The first-order chi connectivity index (χ1) is 10.1. The molecule has 1 atom stereocenters. The molecule has 2 aliphatic rings. The van der Waals surface area contributed by atoms with Crippen molar-refractivity contribution in [1.82, 2.24) is 18.8 Å². The van der Waals surface area contributed by atoms with Gasteiger partial charge in [-0.25, -0.2) is 22.2 Å². The molecular formula is C12H16F2N4O3S. The summed E-state index contributed by atoms with van der Waals surface area (Å²) in [6.07, 6.45) is 2.56. The minimum absolute atomic E-state index is 0.0493. The molecule has 0 spiro atoms.